The number of hydrogen-bond donors (Lipinski definition) is 0. The molecule has 0 aliphatic carbocycles. The summed E-state index contributed by atoms with van der Waals surface area (Å²) in [6.07, 6.45) is 5.67. The highest BCUT2D eigenvalue weighted by molar-refractivity contribution is 5.54. The molecule has 0 fully saturated rings. The molecule has 1 heteroatoms. The Hall–Kier alpha value is -1.37. The Morgan fingerprint density at radius 2 is 1.86 bits per heavy atom. The number of rotatable bonds is 4. The van der Waals surface area contributed by atoms with Crippen LogP contribution in [0.5, 0.6) is 0 Å². The molecule has 0 spiro atoms. The molecule has 0 atom stereocenters. The van der Waals surface area contributed by atoms with Crippen LogP contribution in [0.2, 0.25) is 0 Å². The van der Waals surface area contributed by atoms with Gasteiger partial charge in [-0.1, -0.05) is 56.3 Å². The summed E-state index contributed by atoms with van der Waals surface area (Å²) in [7, 11) is 0. The van der Waals surface area contributed by atoms with Crippen LogP contribution in [0.4, 0.5) is 0 Å². The van der Waals surface area contributed by atoms with Crippen LogP contribution < -0.4 is 0 Å². The Kier molecular flexibility index (Phi) is 3.63. The Labute approximate surface area is 85.5 Å². The van der Waals surface area contributed by atoms with Gasteiger partial charge in [-0.3, -0.25) is 0 Å². The highest BCUT2D eigenvalue weighted by Crippen LogP contribution is 2.21. The van der Waals surface area contributed by atoms with E-state index in [4.69, 9.17) is 0 Å². The summed E-state index contributed by atoms with van der Waals surface area (Å²) in [6, 6.07) is 10.1. The molecule has 0 saturated carbocycles. The molecule has 0 radical (unpaired) electrons. The van der Waals surface area contributed by atoms with Crippen LogP contribution in [0.25, 0.3) is 6.08 Å². The molecule has 0 bridgehead atoms. The number of carbonyl (C=O) groups excluding carboxylic acids is 1. The quantitative estimate of drug-likeness (QED) is 0.662. The maximum atomic E-state index is 10.4. The third-order valence-electron chi connectivity index (χ3n) is 2.14. The number of hydrogen-bond acceptors (Lipinski definition) is 1. The van der Waals surface area contributed by atoms with E-state index in [-0.39, 0.29) is 5.41 Å². The second-order valence-corrected chi connectivity index (χ2v) is 4.10. The van der Waals surface area contributed by atoms with Crippen LogP contribution in [0.15, 0.2) is 36.4 Å². The van der Waals surface area contributed by atoms with E-state index in [0.717, 1.165) is 6.29 Å². The van der Waals surface area contributed by atoms with Gasteiger partial charge in [0.05, 0.1) is 0 Å². The van der Waals surface area contributed by atoms with Crippen molar-refractivity contribution in [2.45, 2.75) is 20.3 Å². The average molecular weight is 188 g/mol. The van der Waals surface area contributed by atoms with Crippen LogP contribution in [-0.2, 0) is 4.79 Å². The lowest BCUT2D eigenvalue weighted by molar-refractivity contribution is -0.109. The Morgan fingerprint density at radius 1 is 1.21 bits per heavy atom. The van der Waals surface area contributed by atoms with Gasteiger partial charge in [0.1, 0.15) is 6.29 Å². The smallest absolute Gasteiger partial charge is 0.120 e. The topological polar surface area (TPSA) is 17.1 Å². The lowest BCUT2D eigenvalue weighted by Crippen LogP contribution is -2.07. The molecule has 0 aliphatic rings. The van der Waals surface area contributed by atoms with E-state index in [1.54, 1.807) is 0 Å². The minimum Gasteiger partial charge on any atom is -0.303 e. The summed E-state index contributed by atoms with van der Waals surface area (Å²) in [5, 5.41) is 0. The van der Waals surface area contributed by atoms with Crippen molar-refractivity contribution < 1.29 is 4.79 Å². The Morgan fingerprint density at radius 3 is 2.43 bits per heavy atom. The van der Waals surface area contributed by atoms with Gasteiger partial charge >= 0.3 is 0 Å². The van der Waals surface area contributed by atoms with Gasteiger partial charge in [0.25, 0.3) is 0 Å². The minimum absolute atomic E-state index is 0.0441. The monoisotopic (exact) mass is 188 g/mol. The van der Waals surface area contributed by atoms with E-state index >= 15 is 0 Å². The van der Waals surface area contributed by atoms with Gasteiger partial charge in [-0.15, -0.1) is 0 Å². The van der Waals surface area contributed by atoms with E-state index in [1.807, 2.05) is 30.3 Å². The second-order valence-electron chi connectivity index (χ2n) is 4.10. The van der Waals surface area contributed by atoms with Crippen molar-refractivity contribution >= 4 is 12.4 Å². The highest BCUT2D eigenvalue weighted by Gasteiger charge is 2.11. The number of allylic oxidation sites excluding steroid dienone is 1. The summed E-state index contributed by atoms with van der Waals surface area (Å²) in [6.45, 7) is 4.11. The van der Waals surface area contributed by atoms with E-state index < -0.39 is 0 Å². The summed E-state index contributed by atoms with van der Waals surface area (Å²) < 4.78 is 0. The molecule has 14 heavy (non-hydrogen) atoms. The SMILES string of the molecule is CC(C)(C=Cc1ccccc1)CC=O. The first-order chi connectivity index (χ1) is 6.64. The van der Waals surface area contributed by atoms with Gasteiger partial charge < -0.3 is 4.79 Å². The fourth-order valence-electron chi connectivity index (χ4n) is 1.17. The average Bonchev–Trinajstić information content (AvgIpc) is 2.17. The zero-order valence-corrected chi connectivity index (χ0v) is 8.73. The fraction of sp³-hybridized carbons (Fsp3) is 0.308. The van der Waals surface area contributed by atoms with Crippen molar-refractivity contribution in [1.29, 1.82) is 0 Å². The molecular weight excluding hydrogens is 172 g/mol. The predicted molar refractivity (Wildman–Crippen MR) is 59.9 cm³/mol. The minimum atomic E-state index is -0.0441. The van der Waals surface area contributed by atoms with Crippen LogP contribution in [0.1, 0.15) is 25.8 Å². The summed E-state index contributed by atoms with van der Waals surface area (Å²) in [4.78, 5) is 10.4. The zero-order chi connectivity index (χ0) is 10.4. The third-order valence-corrected chi connectivity index (χ3v) is 2.14. The zero-order valence-electron chi connectivity index (χ0n) is 8.73. The van der Waals surface area contributed by atoms with Crippen molar-refractivity contribution in [3.63, 3.8) is 0 Å². The standard InChI is InChI=1S/C13H16O/c1-13(2,10-11-14)9-8-12-6-4-3-5-7-12/h3-9,11H,10H2,1-2H3. The molecule has 0 unspecified atom stereocenters. The van der Waals surface area contributed by atoms with Crippen molar-refractivity contribution in [3.05, 3.63) is 42.0 Å². The molecule has 0 N–H and O–H groups in total. The maximum absolute atomic E-state index is 10.4. The lowest BCUT2D eigenvalue weighted by atomic mass is 9.89. The largest absolute Gasteiger partial charge is 0.303 e. The van der Waals surface area contributed by atoms with E-state index in [9.17, 15) is 4.79 Å². The van der Waals surface area contributed by atoms with Crippen molar-refractivity contribution in [1.82, 2.24) is 0 Å². The van der Waals surface area contributed by atoms with Gasteiger partial charge in [-0.2, -0.15) is 0 Å². The van der Waals surface area contributed by atoms with E-state index in [2.05, 4.69) is 26.0 Å². The van der Waals surface area contributed by atoms with Gasteiger partial charge in [-0.05, 0) is 11.0 Å². The molecule has 0 amide bonds. The maximum Gasteiger partial charge on any atom is 0.120 e. The molecule has 1 rings (SSSR count). The van der Waals surface area contributed by atoms with Gasteiger partial charge in [0.15, 0.2) is 0 Å². The summed E-state index contributed by atoms with van der Waals surface area (Å²) in [5.41, 5.74) is 1.13. The summed E-state index contributed by atoms with van der Waals surface area (Å²) in [5.74, 6) is 0. The van der Waals surface area contributed by atoms with Crippen LogP contribution in [0.3, 0.4) is 0 Å². The number of benzene rings is 1. The second kappa shape index (κ2) is 4.75. The first-order valence-electron chi connectivity index (χ1n) is 4.82. The first-order valence-corrected chi connectivity index (χ1v) is 4.82. The van der Waals surface area contributed by atoms with Crippen LogP contribution in [0, 0.1) is 5.41 Å². The molecule has 0 saturated heterocycles. The lowest BCUT2D eigenvalue weighted by Gasteiger charge is -2.15. The normalized spacial score (nSPS) is 11.9. The molecule has 74 valence electrons. The van der Waals surface area contributed by atoms with Crippen molar-refractivity contribution in [2.24, 2.45) is 5.41 Å². The van der Waals surface area contributed by atoms with Gasteiger partial charge in [0.2, 0.25) is 0 Å². The van der Waals surface area contributed by atoms with Gasteiger partial charge in [-0.25, -0.2) is 0 Å². The van der Waals surface area contributed by atoms with Crippen molar-refractivity contribution in [3.8, 4) is 0 Å². The molecule has 1 aromatic rings. The third kappa shape index (κ3) is 3.56. The van der Waals surface area contributed by atoms with Gasteiger partial charge in [0, 0.05) is 6.42 Å². The van der Waals surface area contributed by atoms with Crippen molar-refractivity contribution in [2.75, 3.05) is 0 Å². The highest BCUT2D eigenvalue weighted by atomic mass is 16.1. The van der Waals surface area contributed by atoms with E-state index in [0.29, 0.717) is 6.42 Å². The fourth-order valence-corrected chi connectivity index (χ4v) is 1.17. The van der Waals surface area contributed by atoms with E-state index in [1.165, 1.54) is 5.56 Å². The molecular formula is C13H16O. The number of carbonyl (C=O) groups is 1. The predicted octanol–water partition coefficient (Wildman–Crippen LogP) is 3.32. The summed E-state index contributed by atoms with van der Waals surface area (Å²) >= 11 is 0. The Bertz CT molecular complexity index is 309. The van der Waals surface area contributed by atoms with Crippen LogP contribution >= 0.6 is 0 Å². The Balaban J connectivity index is 2.68. The first kappa shape index (κ1) is 10.7. The molecule has 0 aromatic heterocycles. The molecule has 1 aromatic carbocycles. The number of aldehydes is 1. The molecule has 1 nitrogen and oxygen atoms in total. The van der Waals surface area contributed by atoms with Crippen LogP contribution in [-0.4, -0.2) is 6.29 Å². The molecule has 0 aliphatic heterocycles. The molecule has 0 heterocycles.